The predicted octanol–water partition coefficient (Wildman–Crippen LogP) is 2.48. The Kier molecular flexibility index (Phi) is 2.64. The van der Waals surface area contributed by atoms with Gasteiger partial charge >= 0.3 is 0 Å². The minimum Gasteiger partial charge on any atom is -0.399 e. The van der Waals surface area contributed by atoms with E-state index in [-0.39, 0.29) is 0 Å². The molecule has 1 heterocycles. The summed E-state index contributed by atoms with van der Waals surface area (Å²) in [6.45, 7) is 2.58. The quantitative estimate of drug-likeness (QED) is 0.792. The minimum absolute atomic E-state index is 0.693. The Balaban J connectivity index is 2.22. The van der Waals surface area contributed by atoms with Crippen LogP contribution in [-0.2, 0) is 6.54 Å². The van der Waals surface area contributed by atoms with Gasteiger partial charge in [0.05, 0.1) is 17.3 Å². The van der Waals surface area contributed by atoms with Gasteiger partial charge in [-0.15, -0.1) is 0 Å². The molecule has 0 saturated heterocycles. The van der Waals surface area contributed by atoms with Crippen LogP contribution in [0.15, 0.2) is 30.5 Å². The molecule has 2 N–H and O–H groups in total. The van der Waals surface area contributed by atoms with Crippen LogP contribution in [0.1, 0.15) is 11.3 Å². The molecule has 4 heteroatoms. The van der Waals surface area contributed by atoms with Crippen molar-refractivity contribution in [2.24, 2.45) is 0 Å². The molecule has 0 aliphatic heterocycles. The monoisotopic (exact) mass is 221 g/mol. The molecule has 3 nitrogen and oxygen atoms in total. The number of benzene rings is 1. The summed E-state index contributed by atoms with van der Waals surface area (Å²) in [4.78, 5) is 0. The predicted molar refractivity (Wildman–Crippen MR) is 61.9 cm³/mol. The van der Waals surface area contributed by atoms with Crippen LogP contribution >= 0.6 is 11.6 Å². The van der Waals surface area contributed by atoms with Crippen molar-refractivity contribution in [3.8, 4) is 0 Å². The van der Waals surface area contributed by atoms with Crippen molar-refractivity contribution >= 4 is 17.3 Å². The summed E-state index contributed by atoms with van der Waals surface area (Å²) in [5.74, 6) is 0. The van der Waals surface area contributed by atoms with E-state index in [0.29, 0.717) is 11.6 Å². The van der Waals surface area contributed by atoms with E-state index in [1.807, 2.05) is 42.1 Å². The van der Waals surface area contributed by atoms with Crippen LogP contribution in [0.3, 0.4) is 0 Å². The molecule has 0 spiro atoms. The van der Waals surface area contributed by atoms with Gasteiger partial charge in [-0.25, -0.2) is 0 Å². The van der Waals surface area contributed by atoms with Crippen LogP contribution in [0.25, 0.3) is 0 Å². The summed E-state index contributed by atoms with van der Waals surface area (Å²) in [5.41, 5.74) is 8.43. The SMILES string of the molecule is Cc1nn(Cc2cccc(N)c2)cc1Cl. The second kappa shape index (κ2) is 3.95. The highest BCUT2D eigenvalue weighted by molar-refractivity contribution is 6.31. The number of anilines is 1. The maximum atomic E-state index is 5.92. The molecule has 0 unspecified atom stereocenters. The highest BCUT2D eigenvalue weighted by atomic mass is 35.5. The molecule has 0 amide bonds. The van der Waals surface area contributed by atoms with E-state index in [9.17, 15) is 0 Å². The molecular formula is C11H12ClN3. The van der Waals surface area contributed by atoms with Crippen molar-refractivity contribution in [3.63, 3.8) is 0 Å². The first-order chi connectivity index (χ1) is 7.15. The zero-order valence-electron chi connectivity index (χ0n) is 8.44. The summed E-state index contributed by atoms with van der Waals surface area (Å²) < 4.78 is 1.81. The van der Waals surface area contributed by atoms with Gasteiger partial charge < -0.3 is 5.73 Å². The molecule has 15 heavy (non-hydrogen) atoms. The lowest BCUT2D eigenvalue weighted by Crippen LogP contribution is -2.00. The van der Waals surface area contributed by atoms with Gasteiger partial charge in [0.2, 0.25) is 0 Å². The smallest absolute Gasteiger partial charge is 0.0815 e. The third-order valence-electron chi connectivity index (χ3n) is 2.18. The van der Waals surface area contributed by atoms with Gasteiger partial charge in [-0.05, 0) is 24.6 Å². The Morgan fingerprint density at radius 3 is 2.87 bits per heavy atom. The van der Waals surface area contributed by atoms with Crippen LogP contribution in [0, 0.1) is 6.92 Å². The molecule has 2 rings (SSSR count). The maximum absolute atomic E-state index is 5.92. The fraction of sp³-hybridized carbons (Fsp3) is 0.182. The van der Waals surface area contributed by atoms with Crippen molar-refractivity contribution < 1.29 is 0 Å². The first-order valence-electron chi connectivity index (χ1n) is 4.69. The van der Waals surface area contributed by atoms with Crippen molar-refractivity contribution in [1.82, 2.24) is 9.78 Å². The van der Waals surface area contributed by atoms with Crippen molar-refractivity contribution in [2.75, 3.05) is 5.73 Å². The Morgan fingerprint density at radius 2 is 2.27 bits per heavy atom. The van der Waals surface area contributed by atoms with Gasteiger partial charge in [0, 0.05) is 11.9 Å². The Morgan fingerprint density at radius 1 is 1.47 bits per heavy atom. The Bertz CT molecular complexity index is 457. The van der Waals surface area contributed by atoms with Gasteiger partial charge in [0.1, 0.15) is 0 Å². The topological polar surface area (TPSA) is 43.8 Å². The molecule has 0 saturated carbocycles. The lowest BCUT2D eigenvalue weighted by atomic mass is 10.2. The normalized spacial score (nSPS) is 10.5. The largest absolute Gasteiger partial charge is 0.399 e. The Hall–Kier alpha value is -1.48. The standard InChI is InChI=1S/C11H12ClN3/c1-8-11(12)7-15(14-8)6-9-3-2-4-10(13)5-9/h2-5,7H,6,13H2,1H3. The molecule has 0 atom stereocenters. The summed E-state index contributed by atoms with van der Waals surface area (Å²) in [7, 11) is 0. The lowest BCUT2D eigenvalue weighted by molar-refractivity contribution is 0.680. The molecule has 78 valence electrons. The number of nitrogen functional groups attached to an aromatic ring is 1. The van der Waals surface area contributed by atoms with Gasteiger partial charge in [0.15, 0.2) is 0 Å². The third kappa shape index (κ3) is 2.30. The van der Waals surface area contributed by atoms with Crippen LogP contribution < -0.4 is 5.73 Å². The zero-order chi connectivity index (χ0) is 10.8. The average molecular weight is 222 g/mol. The Labute approximate surface area is 93.5 Å². The highest BCUT2D eigenvalue weighted by Crippen LogP contribution is 2.14. The number of nitrogens with zero attached hydrogens (tertiary/aromatic N) is 2. The summed E-state index contributed by atoms with van der Waals surface area (Å²) >= 11 is 5.92. The third-order valence-corrected chi connectivity index (χ3v) is 2.55. The zero-order valence-corrected chi connectivity index (χ0v) is 9.20. The molecule has 1 aromatic heterocycles. The van der Waals surface area contributed by atoms with Crippen molar-refractivity contribution in [3.05, 3.63) is 46.7 Å². The number of halogens is 1. The molecule has 0 aliphatic rings. The van der Waals surface area contributed by atoms with Crippen molar-refractivity contribution in [2.45, 2.75) is 13.5 Å². The number of hydrogen-bond acceptors (Lipinski definition) is 2. The number of hydrogen-bond donors (Lipinski definition) is 1. The highest BCUT2D eigenvalue weighted by Gasteiger charge is 2.02. The van der Waals surface area contributed by atoms with Gasteiger partial charge in [-0.3, -0.25) is 4.68 Å². The first-order valence-corrected chi connectivity index (χ1v) is 5.07. The summed E-state index contributed by atoms with van der Waals surface area (Å²) in [6, 6.07) is 7.75. The lowest BCUT2D eigenvalue weighted by Gasteiger charge is -2.02. The number of aryl methyl sites for hydroxylation is 1. The van der Waals surface area contributed by atoms with E-state index in [1.54, 1.807) is 0 Å². The summed E-state index contributed by atoms with van der Waals surface area (Å²) in [5, 5.41) is 4.97. The van der Waals surface area contributed by atoms with E-state index < -0.39 is 0 Å². The van der Waals surface area contributed by atoms with E-state index in [1.165, 1.54) is 0 Å². The van der Waals surface area contributed by atoms with Crippen LogP contribution in [0.4, 0.5) is 5.69 Å². The number of rotatable bonds is 2. The molecule has 0 bridgehead atoms. The fourth-order valence-corrected chi connectivity index (χ4v) is 1.60. The van der Waals surface area contributed by atoms with Crippen LogP contribution in [0.5, 0.6) is 0 Å². The van der Waals surface area contributed by atoms with Gasteiger partial charge in [-0.1, -0.05) is 23.7 Å². The molecule has 0 fully saturated rings. The minimum atomic E-state index is 0.693. The van der Waals surface area contributed by atoms with E-state index in [0.717, 1.165) is 16.9 Å². The van der Waals surface area contributed by atoms with E-state index >= 15 is 0 Å². The maximum Gasteiger partial charge on any atom is 0.0815 e. The fourth-order valence-electron chi connectivity index (χ4n) is 1.45. The van der Waals surface area contributed by atoms with Crippen LogP contribution in [-0.4, -0.2) is 9.78 Å². The van der Waals surface area contributed by atoms with E-state index in [2.05, 4.69) is 5.10 Å². The second-order valence-corrected chi connectivity index (χ2v) is 3.91. The first kappa shape index (κ1) is 10.1. The number of nitrogens with two attached hydrogens (primary N) is 1. The number of aromatic nitrogens is 2. The molecule has 0 radical (unpaired) electrons. The molecule has 2 aromatic rings. The summed E-state index contributed by atoms with van der Waals surface area (Å²) in [6.07, 6.45) is 1.82. The average Bonchev–Trinajstić information content (AvgIpc) is 2.45. The molecule has 0 aliphatic carbocycles. The van der Waals surface area contributed by atoms with Crippen LogP contribution in [0.2, 0.25) is 5.02 Å². The van der Waals surface area contributed by atoms with Gasteiger partial charge in [0.25, 0.3) is 0 Å². The van der Waals surface area contributed by atoms with Crippen molar-refractivity contribution in [1.29, 1.82) is 0 Å². The molecule has 1 aromatic carbocycles. The van der Waals surface area contributed by atoms with Gasteiger partial charge in [-0.2, -0.15) is 5.10 Å². The van der Waals surface area contributed by atoms with E-state index in [4.69, 9.17) is 17.3 Å². The molecular weight excluding hydrogens is 210 g/mol. The second-order valence-electron chi connectivity index (χ2n) is 3.51.